The average molecular weight is 392 g/mol. The van der Waals surface area contributed by atoms with Gasteiger partial charge in [-0.25, -0.2) is 0 Å². The molecule has 0 saturated carbocycles. The maximum absolute atomic E-state index is 12.8. The Labute approximate surface area is 174 Å². The Kier molecular flexibility index (Phi) is 7.10. The van der Waals surface area contributed by atoms with Crippen molar-refractivity contribution >= 4 is 16.8 Å². The van der Waals surface area contributed by atoms with Gasteiger partial charge in [0.2, 0.25) is 5.91 Å². The number of rotatable bonds is 9. The van der Waals surface area contributed by atoms with Crippen LogP contribution in [0.15, 0.2) is 54.7 Å². The normalized spacial score (nSPS) is 12.4. The van der Waals surface area contributed by atoms with Gasteiger partial charge in [0.15, 0.2) is 0 Å². The van der Waals surface area contributed by atoms with Crippen LogP contribution in [-0.4, -0.2) is 42.6 Å². The molecular formula is C25H33N3O. The van der Waals surface area contributed by atoms with Gasteiger partial charge in [0.25, 0.3) is 0 Å². The summed E-state index contributed by atoms with van der Waals surface area (Å²) in [5.74, 6) is 0.141. The molecule has 0 radical (unpaired) electrons. The number of nitrogens with one attached hydrogen (secondary N) is 1. The highest BCUT2D eigenvalue weighted by molar-refractivity contribution is 5.89. The lowest BCUT2D eigenvalue weighted by Gasteiger charge is -2.18. The van der Waals surface area contributed by atoms with Gasteiger partial charge in [-0.2, -0.15) is 0 Å². The molecule has 1 aromatic heterocycles. The van der Waals surface area contributed by atoms with Crippen molar-refractivity contribution in [1.29, 1.82) is 0 Å². The summed E-state index contributed by atoms with van der Waals surface area (Å²) in [5.41, 5.74) is 5.10. The van der Waals surface area contributed by atoms with E-state index in [2.05, 4.69) is 77.3 Å². The van der Waals surface area contributed by atoms with Crippen LogP contribution in [0.1, 0.15) is 42.9 Å². The first-order chi connectivity index (χ1) is 14.0. The number of para-hydroxylation sites is 1. The zero-order valence-corrected chi connectivity index (χ0v) is 18.1. The molecule has 2 aromatic carbocycles. The number of fused-ring (bicyclic) bond motifs is 1. The number of likely N-dealkylation sites (N-methyl/N-ethyl adjacent to an activating group) is 1. The van der Waals surface area contributed by atoms with Crippen molar-refractivity contribution in [3.05, 3.63) is 71.4 Å². The van der Waals surface area contributed by atoms with E-state index in [-0.39, 0.29) is 11.8 Å². The minimum atomic E-state index is 0.0398. The first-order valence-corrected chi connectivity index (χ1v) is 10.6. The smallest absolute Gasteiger partial charge is 0.220 e. The average Bonchev–Trinajstić information content (AvgIpc) is 3.11. The van der Waals surface area contributed by atoms with E-state index < -0.39 is 0 Å². The lowest BCUT2D eigenvalue weighted by molar-refractivity contribution is -0.121. The Morgan fingerprint density at radius 1 is 1.07 bits per heavy atom. The molecule has 4 nitrogen and oxygen atoms in total. The summed E-state index contributed by atoms with van der Waals surface area (Å²) in [4.78, 5) is 14.9. The zero-order chi connectivity index (χ0) is 20.8. The molecule has 154 valence electrons. The molecule has 29 heavy (non-hydrogen) atoms. The number of aryl methyl sites for hydroxylation is 2. The van der Waals surface area contributed by atoms with Crippen molar-refractivity contribution < 1.29 is 4.79 Å². The second-order valence-electron chi connectivity index (χ2n) is 7.86. The van der Waals surface area contributed by atoms with Gasteiger partial charge in [-0.1, -0.05) is 55.5 Å². The molecule has 0 spiro atoms. The number of carbonyl (C=O) groups is 1. The Morgan fingerprint density at radius 3 is 2.48 bits per heavy atom. The first kappa shape index (κ1) is 21.1. The molecule has 1 heterocycles. The van der Waals surface area contributed by atoms with Crippen molar-refractivity contribution in [2.45, 2.75) is 39.2 Å². The standard InChI is InChI=1S/C25H33N3O/c1-5-19-13-10-14-21-23(18-28(6-2)25(19)21)22(20-11-8-7-9-12-20)17-24(29)26-15-16-27(3)4/h7-14,18,22H,5-6,15-17H2,1-4H3,(H,26,29)/t22-/m1/s1. The molecule has 0 saturated heterocycles. The fraction of sp³-hybridized carbons (Fsp3) is 0.400. The van der Waals surface area contributed by atoms with Crippen LogP contribution in [0.2, 0.25) is 0 Å². The lowest BCUT2D eigenvalue weighted by atomic mass is 9.87. The maximum Gasteiger partial charge on any atom is 0.220 e. The SMILES string of the molecule is CCc1cccc2c([C@H](CC(=O)NCCN(C)C)c3ccccc3)cn(CC)c12. The summed E-state index contributed by atoms with van der Waals surface area (Å²) in [6.45, 7) is 6.82. The molecule has 0 unspecified atom stereocenters. The van der Waals surface area contributed by atoms with E-state index in [1.54, 1.807) is 0 Å². The van der Waals surface area contributed by atoms with E-state index in [9.17, 15) is 4.79 Å². The molecule has 1 N–H and O–H groups in total. The van der Waals surface area contributed by atoms with Crippen molar-refractivity contribution in [3.63, 3.8) is 0 Å². The van der Waals surface area contributed by atoms with Crippen molar-refractivity contribution in [2.24, 2.45) is 0 Å². The minimum Gasteiger partial charge on any atom is -0.355 e. The van der Waals surface area contributed by atoms with Crippen molar-refractivity contribution in [3.8, 4) is 0 Å². The van der Waals surface area contributed by atoms with Crippen LogP contribution in [0.4, 0.5) is 0 Å². The van der Waals surface area contributed by atoms with Crippen LogP contribution >= 0.6 is 0 Å². The molecule has 3 aromatic rings. The number of aromatic nitrogens is 1. The third kappa shape index (κ3) is 4.88. The van der Waals surface area contributed by atoms with Gasteiger partial charge in [-0.3, -0.25) is 4.79 Å². The summed E-state index contributed by atoms with van der Waals surface area (Å²) in [5, 5.41) is 4.35. The van der Waals surface area contributed by atoms with Gasteiger partial charge in [0, 0.05) is 43.6 Å². The largest absolute Gasteiger partial charge is 0.355 e. The molecule has 4 heteroatoms. The highest BCUT2D eigenvalue weighted by atomic mass is 16.1. The zero-order valence-electron chi connectivity index (χ0n) is 18.1. The van der Waals surface area contributed by atoms with Gasteiger partial charge in [0.1, 0.15) is 0 Å². The second kappa shape index (κ2) is 9.75. The summed E-state index contributed by atoms with van der Waals surface area (Å²) in [6.07, 6.45) is 3.72. The van der Waals surface area contributed by atoms with Gasteiger partial charge in [0.05, 0.1) is 5.52 Å². The number of hydrogen-bond donors (Lipinski definition) is 1. The van der Waals surface area contributed by atoms with E-state index in [0.29, 0.717) is 13.0 Å². The second-order valence-corrected chi connectivity index (χ2v) is 7.86. The highest BCUT2D eigenvalue weighted by Gasteiger charge is 2.23. The molecule has 1 amide bonds. The predicted octanol–water partition coefficient (Wildman–Crippen LogP) is 4.42. The molecule has 0 bridgehead atoms. The molecule has 0 aliphatic rings. The maximum atomic E-state index is 12.8. The molecule has 0 aliphatic carbocycles. The van der Waals surface area contributed by atoms with Crippen LogP contribution in [0.25, 0.3) is 10.9 Å². The molecule has 0 aliphatic heterocycles. The molecule has 3 rings (SSSR count). The molecule has 0 fully saturated rings. The van der Waals surface area contributed by atoms with Crippen LogP contribution in [0.3, 0.4) is 0 Å². The number of benzene rings is 2. The number of carbonyl (C=O) groups excluding carboxylic acids is 1. The first-order valence-electron chi connectivity index (χ1n) is 10.6. The topological polar surface area (TPSA) is 37.3 Å². The van der Waals surface area contributed by atoms with E-state index in [1.807, 2.05) is 20.2 Å². The number of amides is 1. The Morgan fingerprint density at radius 2 is 1.83 bits per heavy atom. The fourth-order valence-electron chi connectivity index (χ4n) is 4.05. The summed E-state index contributed by atoms with van der Waals surface area (Å²) < 4.78 is 2.34. The molecular weight excluding hydrogens is 358 g/mol. The van der Waals surface area contributed by atoms with Crippen LogP contribution in [0, 0.1) is 0 Å². The van der Waals surface area contributed by atoms with Crippen molar-refractivity contribution in [1.82, 2.24) is 14.8 Å². The Bertz CT molecular complexity index is 943. The lowest BCUT2D eigenvalue weighted by Crippen LogP contribution is -2.32. The van der Waals surface area contributed by atoms with Gasteiger partial charge in [-0.15, -0.1) is 0 Å². The third-order valence-corrected chi connectivity index (χ3v) is 5.58. The van der Waals surface area contributed by atoms with Gasteiger partial charge < -0.3 is 14.8 Å². The highest BCUT2D eigenvalue weighted by Crippen LogP contribution is 2.36. The fourth-order valence-corrected chi connectivity index (χ4v) is 4.05. The van der Waals surface area contributed by atoms with Crippen LogP contribution in [-0.2, 0) is 17.8 Å². The van der Waals surface area contributed by atoms with E-state index in [0.717, 1.165) is 19.5 Å². The quantitative estimate of drug-likeness (QED) is 0.586. The van der Waals surface area contributed by atoms with Gasteiger partial charge in [-0.05, 0) is 44.1 Å². The van der Waals surface area contributed by atoms with Crippen LogP contribution < -0.4 is 5.32 Å². The summed E-state index contributed by atoms with van der Waals surface area (Å²) in [7, 11) is 4.04. The third-order valence-electron chi connectivity index (χ3n) is 5.58. The predicted molar refractivity (Wildman–Crippen MR) is 121 cm³/mol. The Hall–Kier alpha value is -2.59. The van der Waals surface area contributed by atoms with Crippen LogP contribution in [0.5, 0.6) is 0 Å². The monoisotopic (exact) mass is 391 g/mol. The Balaban J connectivity index is 2.00. The molecule has 1 atom stereocenters. The summed E-state index contributed by atoms with van der Waals surface area (Å²) in [6, 6.07) is 17.0. The number of nitrogens with zero attached hydrogens (tertiary/aromatic N) is 2. The van der Waals surface area contributed by atoms with Crippen molar-refractivity contribution in [2.75, 3.05) is 27.2 Å². The van der Waals surface area contributed by atoms with E-state index in [1.165, 1.54) is 27.6 Å². The van der Waals surface area contributed by atoms with E-state index in [4.69, 9.17) is 0 Å². The summed E-state index contributed by atoms with van der Waals surface area (Å²) >= 11 is 0. The van der Waals surface area contributed by atoms with Gasteiger partial charge >= 0.3 is 0 Å². The van der Waals surface area contributed by atoms with E-state index >= 15 is 0 Å². The minimum absolute atomic E-state index is 0.0398. The number of hydrogen-bond acceptors (Lipinski definition) is 2.